The Hall–Kier alpha value is -1.47. The summed E-state index contributed by atoms with van der Waals surface area (Å²) in [5, 5.41) is 1.07. The average Bonchev–Trinajstić information content (AvgIpc) is 2.35. The predicted molar refractivity (Wildman–Crippen MR) is 71.5 cm³/mol. The third-order valence-electron chi connectivity index (χ3n) is 1.96. The number of aryl methyl sites for hydroxylation is 1. The van der Waals surface area contributed by atoms with Crippen molar-refractivity contribution in [2.75, 3.05) is 6.61 Å². The molecule has 100 valence electrons. The molecule has 0 N–H and O–H groups in total. The molecule has 0 saturated carbocycles. The Morgan fingerprint density at radius 3 is 2.79 bits per heavy atom. The molecule has 0 atom stereocenters. The van der Waals surface area contributed by atoms with Gasteiger partial charge in [0.2, 0.25) is 10.4 Å². The molecule has 0 aromatic carbocycles. The lowest BCUT2D eigenvalue weighted by atomic mass is 10.5. The smallest absolute Gasteiger partial charge is 0.321 e. The van der Waals surface area contributed by atoms with E-state index in [0.29, 0.717) is 16.9 Å². The fraction of sp³-hybridized carbons (Fsp3) is 0.364. The van der Waals surface area contributed by atoms with E-state index in [1.807, 2.05) is 19.9 Å². The minimum atomic E-state index is 0.0938. The molecule has 2 heterocycles. The zero-order valence-corrected chi connectivity index (χ0v) is 12.1. The zero-order valence-electron chi connectivity index (χ0n) is 10.5. The number of nitrogens with zero attached hydrogens (tertiary/aromatic N) is 5. The monoisotopic (exact) mass is 297 g/mol. The zero-order chi connectivity index (χ0) is 13.7. The molecule has 0 spiro atoms. The highest BCUT2D eigenvalue weighted by molar-refractivity contribution is 7.99. The van der Waals surface area contributed by atoms with Crippen LogP contribution in [0.5, 0.6) is 6.01 Å². The van der Waals surface area contributed by atoms with E-state index in [2.05, 4.69) is 24.9 Å². The van der Waals surface area contributed by atoms with Crippen LogP contribution in [0, 0.1) is 6.92 Å². The maximum atomic E-state index is 5.83. The third kappa shape index (κ3) is 4.29. The summed E-state index contributed by atoms with van der Waals surface area (Å²) in [5.74, 6) is 0. The first-order valence-corrected chi connectivity index (χ1v) is 6.88. The molecule has 0 fully saturated rings. The summed E-state index contributed by atoms with van der Waals surface area (Å²) in [6.45, 7) is 4.42. The molecule has 0 aliphatic rings. The lowest BCUT2D eigenvalue weighted by Crippen LogP contribution is -2.02. The van der Waals surface area contributed by atoms with E-state index in [-0.39, 0.29) is 11.3 Å². The summed E-state index contributed by atoms with van der Waals surface area (Å²) in [7, 11) is 0. The molecule has 2 aromatic heterocycles. The van der Waals surface area contributed by atoms with Gasteiger partial charge in [0.15, 0.2) is 5.16 Å². The van der Waals surface area contributed by atoms with Gasteiger partial charge in [-0.1, -0.05) is 6.92 Å². The van der Waals surface area contributed by atoms with E-state index in [1.54, 1.807) is 6.20 Å². The molecule has 0 unspecified atom stereocenters. The van der Waals surface area contributed by atoms with Crippen LogP contribution in [-0.2, 0) is 0 Å². The molecule has 0 radical (unpaired) electrons. The van der Waals surface area contributed by atoms with Crippen molar-refractivity contribution in [3.8, 4) is 6.01 Å². The van der Waals surface area contributed by atoms with Crippen molar-refractivity contribution >= 4 is 23.4 Å². The average molecular weight is 298 g/mol. The summed E-state index contributed by atoms with van der Waals surface area (Å²) in [5.41, 5.74) is 0.875. The summed E-state index contributed by atoms with van der Waals surface area (Å²) in [4.78, 5) is 20.4. The van der Waals surface area contributed by atoms with Crippen molar-refractivity contribution in [1.29, 1.82) is 0 Å². The standard InChI is InChI=1S/C11H12ClN5OS/c1-3-6-18-9-15-8(12)16-11(17-9)19-10-13-5-4-7(2)14-10/h4-5H,3,6H2,1-2H3. The Bertz CT molecular complexity index is 569. The van der Waals surface area contributed by atoms with Crippen molar-refractivity contribution < 1.29 is 4.74 Å². The predicted octanol–water partition coefficient (Wildman–Crippen LogP) is 2.56. The lowest BCUT2D eigenvalue weighted by molar-refractivity contribution is 0.288. The number of ether oxygens (including phenoxy) is 1. The van der Waals surface area contributed by atoms with Crippen molar-refractivity contribution in [3.05, 3.63) is 23.2 Å². The molecule has 6 nitrogen and oxygen atoms in total. The molecule has 8 heteroatoms. The lowest BCUT2D eigenvalue weighted by Gasteiger charge is -2.04. The first-order valence-electron chi connectivity index (χ1n) is 5.69. The van der Waals surface area contributed by atoms with E-state index in [0.717, 1.165) is 12.1 Å². The van der Waals surface area contributed by atoms with Crippen molar-refractivity contribution in [1.82, 2.24) is 24.9 Å². The van der Waals surface area contributed by atoms with Crippen LogP contribution in [0.4, 0.5) is 0 Å². The minimum Gasteiger partial charge on any atom is -0.463 e. The number of rotatable bonds is 5. The minimum absolute atomic E-state index is 0.0938. The van der Waals surface area contributed by atoms with Crippen LogP contribution in [0.3, 0.4) is 0 Å². The summed E-state index contributed by atoms with van der Waals surface area (Å²) >= 11 is 7.04. The van der Waals surface area contributed by atoms with Crippen LogP contribution in [0.1, 0.15) is 19.0 Å². The van der Waals surface area contributed by atoms with E-state index < -0.39 is 0 Å². The van der Waals surface area contributed by atoms with Gasteiger partial charge in [-0.15, -0.1) is 0 Å². The van der Waals surface area contributed by atoms with Gasteiger partial charge >= 0.3 is 6.01 Å². The van der Waals surface area contributed by atoms with Crippen LogP contribution in [0.25, 0.3) is 0 Å². The van der Waals surface area contributed by atoms with Gasteiger partial charge in [-0.2, -0.15) is 15.0 Å². The highest BCUT2D eigenvalue weighted by Crippen LogP contribution is 2.23. The second kappa shape index (κ2) is 6.63. The van der Waals surface area contributed by atoms with E-state index >= 15 is 0 Å². The van der Waals surface area contributed by atoms with Crippen LogP contribution in [0.2, 0.25) is 5.28 Å². The summed E-state index contributed by atoms with van der Waals surface area (Å²) in [6.07, 6.45) is 2.55. The Kier molecular flexibility index (Phi) is 4.86. The number of halogens is 1. The van der Waals surface area contributed by atoms with Crippen LogP contribution >= 0.6 is 23.4 Å². The van der Waals surface area contributed by atoms with Crippen molar-refractivity contribution in [3.63, 3.8) is 0 Å². The van der Waals surface area contributed by atoms with Gasteiger partial charge in [0, 0.05) is 11.9 Å². The number of hydrogen-bond acceptors (Lipinski definition) is 7. The van der Waals surface area contributed by atoms with Gasteiger partial charge in [0.1, 0.15) is 0 Å². The molecule has 0 bridgehead atoms. The van der Waals surface area contributed by atoms with Gasteiger partial charge in [0.25, 0.3) is 0 Å². The Morgan fingerprint density at radius 1 is 1.21 bits per heavy atom. The fourth-order valence-corrected chi connectivity index (χ4v) is 2.10. The molecular formula is C11H12ClN5OS. The fourth-order valence-electron chi connectivity index (χ4n) is 1.17. The normalized spacial score (nSPS) is 10.5. The highest BCUT2D eigenvalue weighted by Gasteiger charge is 2.09. The Labute approximate surface area is 120 Å². The van der Waals surface area contributed by atoms with Crippen LogP contribution in [0.15, 0.2) is 22.6 Å². The third-order valence-corrected chi connectivity index (χ3v) is 2.87. The summed E-state index contributed by atoms with van der Waals surface area (Å²) in [6, 6.07) is 2.04. The second-order valence-electron chi connectivity index (χ2n) is 3.60. The summed E-state index contributed by atoms with van der Waals surface area (Å²) < 4.78 is 5.34. The van der Waals surface area contributed by atoms with Gasteiger partial charge in [0.05, 0.1) is 6.61 Å². The van der Waals surface area contributed by atoms with Crippen molar-refractivity contribution in [2.24, 2.45) is 0 Å². The largest absolute Gasteiger partial charge is 0.463 e. The topological polar surface area (TPSA) is 73.7 Å². The second-order valence-corrected chi connectivity index (χ2v) is 4.87. The number of hydrogen-bond donors (Lipinski definition) is 0. The SMILES string of the molecule is CCCOc1nc(Cl)nc(Sc2nccc(C)n2)n1. The molecule has 2 rings (SSSR count). The maximum absolute atomic E-state index is 5.83. The molecule has 19 heavy (non-hydrogen) atoms. The maximum Gasteiger partial charge on any atom is 0.321 e. The molecule has 0 aliphatic carbocycles. The van der Waals surface area contributed by atoms with Gasteiger partial charge in [-0.3, -0.25) is 0 Å². The van der Waals surface area contributed by atoms with Crippen LogP contribution in [-0.4, -0.2) is 31.5 Å². The van der Waals surface area contributed by atoms with E-state index in [9.17, 15) is 0 Å². The van der Waals surface area contributed by atoms with Crippen molar-refractivity contribution in [2.45, 2.75) is 30.6 Å². The van der Waals surface area contributed by atoms with E-state index in [4.69, 9.17) is 16.3 Å². The Morgan fingerprint density at radius 2 is 2.05 bits per heavy atom. The van der Waals surface area contributed by atoms with Gasteiger partial charge in [-0.25, -0.2) is 9.97 Å². The quantitative estimate of drug-likeness (QED) is 0.785. The highest BCUT2D eigenvalue weighted by atomic mass is 35.5. The Balaban J connectivity index is 2.17. The van der Waals surface area contributed by atoms with Gasteiger partial charge < -0.3 is 4.74 Å². The van der Waals surface area contributed by atoms with Gasteiger partial charge in [-0.05, 0) is 42.8 Å². The van der Waals surface area contributed by atoms with E-state index in [1.165, 1.54) is 11.8 Å². The number of aromatic nitrogens is 5. The molecule has 0 saturated heterocycles. The first kappa shape index (κ1) is 14.0. The van der Waals surface area contributed by atoms with Crippen LogP contribution < -0.4 is 4.74 Å². The molecule has 0 aliphatic heterocycles. The first-order chi connectivity index (χ1) is 9.17. The molecular weight excluding hydrogens is 286 g/mol. The molecule has 0 amide bonds. The molecule has 2 aromatic rings.